The van der Waals surface area contributed by atoms with Crippen LogP contribution in [0.3, 0.4) is 0 Å². The Morgan fingerprint density at radius 1 is 1.16 bits per heavy atom. The van der Waals surface area contributed by atoms with Gasteiger partial charge in [-0.3, -0.25) is 4.99 Å². The molecule has 1 aliphatic rings. The summed E-state index contributed by atoms with van der Waals surface area (Å²) in [4.78, 5) is 4.43. The van der Waals surface area contributed by atoms with Crippen molar-refractivity contribution in [2.75, 3.05) is 0 Å². The summed E-state index contributed by atoms with van der Waals surface area (Å²) in [6.45, 7) is 10.7. The van der Waals surface area contributed by atoms with E-state index >= 15 is 0 Å². The van der Waals surface area contributed by atoms with E-state index in [1.165, 1.54) is 54.4 Å². The molecule has 0 amide bonds. The maximum Gasteiger partial charge on any atom is 0.0657 e. The van der Waals surface area contributed by atoms with Crippen molar-refractivity contribution in [2.24, 2.45) is 10.9 Å². The molecule has 1 nitrogen and oxygen atoms in total. The van der Waals surface area contributed by atoms with Crippen molar-refractivity contribution < 1.29 is 0 Å². The van der Waals surface area contributed by atoms with E-state index < -0.39 is 0 Å². The number of benzene rings is 1. The van der Waals surface area contributed by atoms with Crippen molar-refractivity contribution >= 4 is 17.5 Å². The third-order valence-corrected chi connectivity index (χ3v) is 4.26. The van der Waals surface area contributed by atoms with Gasteiger partial charge in [-0.1, -0.05) is 25.8 Å². The fraction of sp³-hybridized carbons (Fsp3) is 0.500. The molecule has 2 rings (SSSR count). The second kappa shape index (κ2) is 6.18. The molecule has 0 atom stereocenters. The highest BCUT2D eigenvalue weighted by Gasteiger charge is 2.19. The molecule has 102 valence electrons. The van der Waals surface area contributed by atoms with E-state index in [4.69, 9.17) is 0 Å². The topological polar surface area (TPSA) is 12.4 Å². The first kappa shape index (κ1) is 14.0. The summed E-state index contributed by atoms with van der Waals surface area (Å²) in [5, 5.41) is 0. The quantitative estimate of drug-likeness (QED) is 0.622. The highest BCUT2D eigenvalue weighted by molar-refractivity contribution is 5.72. The predicted molar refractivity (Wildman–Crippen MR) is 85.4 cm³/mol. The molecule has 0 spiro atoms. The van der Waals surface area contributed by atoms with E-state index in [-0.39, 0.29) is 0 Å². The van der Waals surface area contributed by atoms with Gasteiger partial charge in [0.15, 0.2) is 0 Å². The van der Waals surface area contributed by atoms with E-state index in [2.05, 4.69) is 37.6 Å². The smallest absolute Gasteiger partial charge is 0.0657 e. The highest BCUT2D eigenvalue weighted by atomic mass is 14.7. The Kier molecular flexibility index (Phi) is 4.57. The molecule has 1 saturated carbocycles. The van der Waals surface area contributed by atoms with Crippen molar-refractivity contribution in [1.82, 2.24) is 0 Å². The van der Waals surface area contributed by atoms with Crippen LogP contribution >= 0.6 is 0 Å². The minimum atomic E-state index is 0.687. The molecule has 1 fully saturated rings. The summed E-state index contributed by atoms with van der Waals surface area (Å²) >= 11 is 0. The second-order valence-electron chi connectivity index (χ2n) is 5.70. The van der Waals surface area contributed by atoms with E-state index in [1.807, 2.05) is 13.1 Å². The van der Waals surface area contributed by atoms with Crippen molar-refractivity contribution in [2.45, 2.75) is 52.9 Å². The maximum atomic E-state index is 4.43. The molecule has 0 heterocycles. The zero-order valence-electron chi connectivity index (χ0n) is 12.5. The maximum absolute atomic E-state index is 4.43. The SMILES string of the molecule is C=C(c1cc(C)c(/N=C/C)cc1C)C1CCCCC1. The van der Waals surface area contributed by atoms with Crippen LogP contribution in [0.2, 0.25) is 0 Å². The number of aliphatic imine (C=N–C) groups is 1. The molecule has 0 unspecified atom stereocenters. The van der Waals surface area contributed by atoms with E-state index in [1.54, 1.807) is 0 Å². The van der Waals surface area contributed by atoms with Crippen LogP contribution in [0.4, 0.5) is 5.69 Å². The van der Waals surface area contributed by atoms with Crippen LogP contribution < -0.4 is 0 Å². The standard InChI is InChI=1S/C18H25N/c1-5-19-18-12-13(2)17(11-14(18)3)15(4)16-9-7-6-8-10-16/h5,11-12,16H,4,6-10H2,1-3H3/b19-5+. The first-order chi connectivity index (χ1) is 9.13. The van der Waals surface area contributed by atoms with Crippen molar-refractivity contribution in [3.8, 4) is 0 Å². The van der Waals surface area contributed by atoms with Crippen LogP contribution in [-0.4, -0.2) is 6.21 Å². The minimum Gasteiger partial charge on any atom is -0.261 e. The van der Waals surface area contributed by atoms with Crippen molar-refractivity contribution in [1.29, 1.82) is 0 Å². The molecular formula is C18H25N. The van der Waals surface area contributed by atoms with Gasteiger partial charge in [-0.05, 0) is 73.9 Å². The molecule has 0 N–H and O–H groups in total. The normalized spacial score (nSPS) is 17.0. The largest absolute Gasteiger partial charge is 0.261 e. The number of allylic oxidation sites excluding steroid dienone is 1. The third-order valence-electron chi connectivity index (χ3n) is 4.26. The zero-order valence-corrected chi connectivity index (χ0v) is 12.5. The fourth-order valence-electron chi connectivity index (χ4n) is 3.10. The lowest BCUT2D eigenvalue weighted by Crippen LogP contribution is -2.08. The average molecular weight is 255 g/mol. The van der Waals surface area contributed by atoms with E-state index in [0.29, 0.717) is 5.92 Å². The molecule has 1 heteroatoms. The number of aryl methyl sites for hydroxylation is 2. The van der Waals surface area contributed by atoms with Crippen LogP contribution in [0.25, 0.3) is 5.57 Å². The second-order valence-corrected chi connectivity index (χ2v) is 5.70. The molecule has 0 radical (unpaired) electrons. The predicted octanol–water partition coefficient (Wildman–Crippen LogP) is 5.62. The average Bonchev–Trinajstić information content (AvgIpc) is 2.43. The van der Waals surface area contributed by atoms with Gasteiger partial charge >= 0.3 is 0 Å². The molecule has 0 bridgehead atoms. The van der Waals surface area contributed by atoms with Crippen LogP contribution in [0, 0.1) is 19.8 Å². The van der Waals surface area contributed by atoms with Gasteiger partial charge in [0.25, 0.3) is 0 Å². The summed E-state index contributed by atoms with van der Waals surface area (Å²) in [6, 6.07) is 4.47. The van der Waals surface area contributed by atoms with Gasteiger partial charge < -0.3 is 0 Å². The lowest BCUT2D eigenvalue weighted by atomic mass is 9.80. The number of nitrogens with zero attached hydrogens (tertiary/aromatic N) is 1. The summed E-state index contributed by atoms with van der Waals surface area (Å²) in [5.74, 6) is 0.687. The molecule has 19 heavy (non-hydrogen) atoms. The zero-order chi connectivity index (χ0) is 13.8. The molecular weight excluding hydrogens is 230 g/mol. The molecule has 1 aromatic carbocycles. The Balaban J connectivity index is 2.29. The summed E-state index contributed by atoms with van der Waals surface area (Å²) in [6.07, 6.45) is 8.60. The van der Waals surface area contributed by atoms with Crippen molar-refractivity contribution in [3.63, 3.8) is 0 Å². The molecule has 0 saturated heterocycles. The van der Waals surface area contributed by atoms with Gasteiger partial charge in [0.1, 0.15) is 0 Å². The monoisotopic (exact) mass is 255 g/mol. The summed E-state index contributed by atoms with van der Waals surface area (Å²) in [7, 11) is 0. The van der Waals surface area contributed by atoms with Gasteiger partial charge in [0, 0.05) is 6.21 Å². The first-order valence-electron chi connectivity index (χ1n) is 7.42. The Bertz CT molecular complexity index is 491. The number of hydrogen-bond acceptors (Lipinski definition) is 1. The number of hydrogen-bond donors (Lipinski definition) is 0. The van der Waals surface area contributed by atoms with Crippen LogP contribution in [-0.2, 0) is 0 Å². The first-order valence-corrected chi connectivity index (χ1v) is 7.42. The molecule has 0 aliphatic heterocycles. The highest BCUT2D eigenvalue weighted by Crippen LogP contribution is 2.37. The van der Waals surface area contributed by atoms with Crippen LogP contribution in [0.1, 0.15) is 55.7 Å². The molecule has 1 aliphatic carbocycles. The fourth-order valence-corrected chi connectivity index (χ4v) is 3.10. The Labute approximate surface area is 117 Å². The Morgan fingerprint density at radius 2 is 1.84 bits per heavy atom. The molecule has 1 aromatic rings. The number of rotatable bonds is 3. The van der Waals surface area contributed by atoms with Gasteiger partial charge in [-0.15, -0.1) is 0 Å². The van der Waals surface area contributed by atoms with Crippen LogP contribution in [0.15, 0.2) is 23.7 Å². The lowest BCUT2D eigenvalue weighted by Gasteiger charge is -2.25. The van der Waals surface area contributed by atoms with Gasteiger partial charge in [0.05, 0.1) is 5.69 Å². The van der Waals surface area contributed by atoms with Gasteiger partial charge in [-0.25, -0.2) is 0 Å². The molecule has 0 aromatic heterocycles. The Morgan fingerprint density at radius 3 is 2.47 bits per heavy atom. The lowest BCUT2D eigenvalue weighted by molar-refractivity contribution is 0.430. The Hall–Kier alpha value is -1.37. The van der Waals surface area contributed by atoms with E-state index in [9.17, 15) is 0 Å². The minimum absolute atomic E-state index is 0.687. The van der Waals surface area contributed by atoms with E-state index in [0.717, 1.165) is 5.69 Å². The van der Waals surface area contributed by atoms with Crippen LogP contribution in [0.5, 0.6) is 0 Å². The summed E-state index contributed by atoms with van der Waals surface area (Å²) < 4.78 is 0. The third kappa shape index (κ3) is 3.15. The van der Waals surface area contributed by atoms with Gasteiger partial charge in [-0.2, -0.15) is 0 Å². The summed E-state index contributed by atoms with van der Waals surface area (Å²) in [5.41, 5.74) is 6.32. The van der Waals surface area contributed by atoms with Gasteiger partial charge in [0.2, 0.25) is 0 Å². The van der Waals surface area contributed by atoms with Crippen molar-refractivity contribution in [3.05, 3.63) is 35.4 Å².